The summed E-state index contributed by atoms with van der Waals surface area (Å²) in [7, 11) is 0. The Morgan fingerprint density at radius 2 is 1.00 bits per heavy atom. The summed E-state index contributed by atoms with van der Waals surface area (Å²) in [4.78, 5) is 7.90. The number of oxazole rings is 2. The monoisotopic (exact) mass is 284 g/mol. The van der Waals surface area contributed by atoms with Crippen LogP contribution in [0.2, 0.25) is 0 Å². The number of para-hydroxylation sites is 4. The van der Waals surface area contributed by atoms with Gasteiger partial charge < -0.3 is 8.83 Å². The van der Waals surface area contributed by atoms with Crippen molar-refractivity contribution in [1.82, 2.24) is 9.97 Å². The summed E-state index contributed by atoms with van der Waals surface area (Å²) in [6.45, 7) is 0. The molecule has 0 saturated carbocycles. The molecule has 0 aliphatic rings. The Morgan fingerprint density at radius 3 is 1.40 bits per heavy atom. The zero-order chi connectivity index (χ0) is 12.2. The third kappa shape index (κ3) is 4.19. The Bertz CT molecular complexity index is 641. The molecule has 0 unspecified atom stereocenters. The fourth-order valence-corrected chi connectivity index (χ4v) is 1.61. The molecule has 0 aliphatic heterocycles. The van der Waals surface area contributed by atoms with Crippen molar-refractivity contribution in [3.8, 4) is 0 Å². The Morgan fingerprint density at radius 1 is 0.600 bits per heavy atom. The molecule has 2 aromatic carbocycles. The number of rotatable bonds is 0. The molecule has 2 heterocycles. The molecule has 4 aromatic rings. The maximum atomic E-state index is 5.01. The van der Waals surface area contributed by atoms with E-state index in [0.717, 1.165) is 22.2 Å². The van der Waals surface area contributed by atoms with Gasteiger partial charge in [-0.05, 0) is 24.3 Å². The first kappa shape index (κ1) is 17.4. The second-order valence-corrected chi connectivity index (χ2v) is 3.64. The molecule has 0 N–H and O–H groups in total. The molecule has 2 aromatic heterocycles. The minimum Gasteiger partial charge on any atom is -0.443 e. The first-order valence-electron chi connectivity index (χ1n) is 5.50. The van der Waals surface area contributed by atoms with Crippen molar-refractivity contribution in [2.24, 2.45) is 0 Å². The second kappa shape index (κ2) is 8.62. The van der Waals surface area contributed by atoms with Crippen LogP contribution in [0.1, 0.15) is 0 Å². The van der Waals surface area contributed by atoms with Gasteiger partial charge in [-0.3, -0.25) is 0 Å². The molecule has 0 saturated heterocycles. The van der Waals surface area contributed by atoms with Gasteiger partial charge in [0.25, 0.3) is 0 Å². The predicted molar refractivity (Wildman–Crippen MR) is 79.5 cm³/mol. The molecular formula is C14H10N2Na2O2. The topological polar surface area (TPSA) is 52.1 Å². The maximum Gasteiger partial charge on any atom is 0.181 e. The molecule has 0 fully saturated rings. The standard InChI is InChI=1S/2C7H5NO.2Na/c2*1-2-4-7-6(3-1)8-5-9-7;;/h2*1-5H;;. The first-order valence-corrected chi connectivity index (χ1v) is 5.50. The van der Waals surface area contributed by atoms with Crippen LogP contribution in [-0.2, 0) is 0 Å². The van der Waals surface area contributed by atoms with Crippen LogP contribution < -0.4 is 0 Å². The van der Waals surface area contributed by atoms with Crippen LogP contribution in [0.5, 0.6) is 0 Å². The first-order chi connectivity index (χ1) is 8.93. The van der Waals surface area contributed by atoms with Crippen molar-refractivity contribution >= 4 is 81.3 Å². The molecule has 4 nitrogen and oxygen atoms in total. The normalized spacial score (nSPS) is 9.20. The van der Waals surface area contributed by atoms with Crippen molar-refractivity contribution in [3.63, 3.8) is 0 Å². The van der Waals surface area contributed by atoms with Gasteiger partial charge >= 0.3 is 0 Å². The molecule has 0 spiro atoms. The SMILES string of the molecule is [Na].[Na].c1ccc2ocnc2c1.c1ccc2ocnc2c1. The molecule has 6 heteroatoms. The van der Waals surface area contributed by atoms with Crippen molar-refractivity contribution in [3.05, 3.63) is 61.3 Å². The Labute approximate surface area is 160 Å². The molecule has 90 valence electrons. The van der Waals surface area contributed by atoms with Gasteiger partial charge in [0.15, 0.2) is 24.0 Å². The van der Waals surface area contributed by atoms with Crippen LogP contribution in [0.4, 0.5) is 0 Å². The maximum absolute atomic E-state index is 5.01. The molecule has 0 bridgehead atoms. The third-order valence-corrected chi connectivity index (χ3v) is 2.47. The van der Waals surface area contributed by atoms with E-state index in [-0.39, 0.29) is 59.1 Å². The summed E-state index contributed by atoms with van der Waals surface area (Å²) in [5.74, 6) is 0. The van der Waals surface area contributed by atoms with Crippen molar-refractivity contribution in [2.45, 2.75) is 0 Å². The van der Waals surface area contributed by atoms with Crippen LogP contribution in [0.25, 0.3) is 22.2 Å². The van der Waals surface area contributed by atoms with Gasteiger partial charge in [0, 0.05) is 59.1 Å². The van der Waals surface area contributed by atoms with Crippen LogP contribution in [0.3, 0.4) is 0 Å². The molecule has 0 aliphatic carbocycles. The average molecular weight is 284 g/mol. The molecule has 2 radical (unpaired) electrons. The van der Waals surface area contributed by atoms with E-state index in [4.69, 9.17) is 8.83 Å². The van der Waals surface area contributed by atoms with Gasteiger partial charge in [0.2, 0.25) is 0 Å². The van der Waals surface area contributed by atoms with E-state index in [1.165, 1.54) is 12.8 Å². The molecule has 4 rings (SSSR count). The number of aromatic nitrogens is 2. The number of nitrogens with zero attached hydrogens (tertiary/aromatic N) is 2. The summed E-state index contributed by atoms with van der Waals surface area (Å²) < 4.78 is 10.0. The number of hydrogen-bond donors (Lipinski definition) is 0. The Hall–Kier alpha value is -0.620. The summed E-state index contributed by atoms with van der Waals surface area (Å²) in [5, 5.41) is 0. The fourth-order valence-electron chi connectivity index (χ4n) is 1.61. The van der Waals surface area contributed by atoms with Crippen molar-refractivity contribution < 1.29 is 8.83 Å². The minimum absolute atomic E-state index is 0. The molecule has 20 heavy (non-hydrogen) atoms. The van der Waals surface area contributed by atoms with Gasteiger partial charge in [0.1, 0.15) is 11.0 Å². The van der Waals surface area contributed by atoms with E-state index < -0.39 is 0 Å². The van der Waals surface area contributed by atoms with Crippen LogP contribution >= 0.6 is 0 Å². The van der Waals surface area contributed by atoms with Crippen LogP contribution in [-0.4, -0.2) is 69.1 Å². The summed E-state index contributed by atoms with van der Waals surface area (Å²) in [5.41, 5.74) is 3.52. The smallest absolute Gasteiger partial charge is 0.181 e. The van der Waals surface area contributed by atoms with Gasteiger partial charge in [-0.25, -0.2) is 9.97 Å². The van der Waals surface area contributed by atoms with Gasteiger partial charge in [-0.15, -0.1) is 0 Å². The quantitative estimate of drug-likeness (QED) is 0.466. The largest absolute Gasteiger partial charge is 0.443 e. The van der Waals surface area contributed by atoms with E-state index in [2.05, 4.69) is 9.97 Å². The van der Waals surface area contributed by atoms with Crippen LogP contribution in [0.15, 0.2) is 70.2 Å². The predicted octanol–water partition coefficient (Wildman–Crippen LogP) is 2.89. The zero-order valence-corrected chi connectivity index (χ0v) is 15.5. The fraction of sp³-hybridized carbons (Fsp3) is 0. The molecular weight excluding hydrogens is 274 g/mol. The number of fused-ring (bicyclic) bond motifs is 2. The van der Waals surface area contributed by atoms with Gasteiger partial charge in [-0.2, -0.15) is 0 Å². The van der Waals surface area contributed by atoms with Crippen molar-refractivity contribution in [2.75, 3.05) is 0 Å². The van der Waals surface area contributed by atoms with E-state index in [1.807, 2.05) is 48.5 Å². The Balaban J connectivity index is 0.000000182. The van der Waals surface area contributed by atoms with E-state index in [9.17, 15) is 0 Å². The number of hydrogen-bond acceptors (Lipinski definition) is 4. The second-order valence-electron chi connectivity index (χ2n) is 3.64. The molecule has 0 atom stereocenters. The van der Waals surface area contributed by atoms with Crippen LogP contribution in [0, 0.1) is 0 Å². The molecule has 0 amide bonds. The van der Waals surface area contributed by atoms with E-state index in [1.54, 1.807) is 0 Å². The number of benzene rings is 2. The van der Waals surface area contributed by atoms with Gasteiger partial charge in [-0.1, -0.05) is 24.3 Å². The third-order valence-electron chi connectivity index (χ3n) is 2.47. The zero-order valence-electron chi connectivity index (χ0n) is 11.5. The Kier molecular flexibility index (Phi) is 7.51. The summed E-state index contributed by atoms with van der Waals surface area (Å²) in [6, 6.07) is 15.3. The van der Waals surface area contributed by atoms with E-state index in [0.29, 0.717) is 0 Å². The van der Waals surface area contributed by atoms with Crippen molar-refractivity contribution in [1.29, 1.82) is 0 Å². The van der Waals surface area contributed by atoms with E-state index >= 15 is 0 Å². The average Bonchev–Trinajstić information content (AvgIpc) is 3.08. The minimum atomic E-state index is 0. The van der Waals surface area contributed by atoms with Gasteiger partial charge in [0.05, 0.1) is 0 Å². The summed E-state index contributed by atoms with van der Waals surface area (Å²) >= 11 is 0. The summed E-state index contributed by atoms with van der Waals surface area (Å²) in [6.07, 6.45) is 2.90.